The Morgan fingerprint density at radius 1 is 1.40 bits per heavy atom. The van der Waals surface area contributed by atoms with Gasteiger partial charge in [0.15, 0.2) is 0 Å². The van der Waals surface area contributed by atoms with Crippen LogP contribution in [0.2, 0.25) is 0 Å². The maximum absolute atomic E-state index is 10.4. The topological polar surface area (TPSA) is 78.2 Å². The second kappa shape index (κ2) is 6.74. The van der Waals surface area contributed by atoms with Crippen molar-refractivity contribution in [1.29, 1.82) is 0 Å². The maximum atomic E-state index is 10.4. The van der Waals surface area contributed by atoms with Crippen molar-refractivity contribution >= 4 is 11.3 Å². The number of nitrogens with zero attached hydrogens (tertiary/aromatic N) is 3. The summed E-state index contributed by atoms with van der Waals surface area (Å²) in [5.41, 5.74) is 3.02. The predicted molar refractivity (Wildman–Crippen MR) is 96.4 cm³/mol. The molecule has 3 aromatic heterocycles. The highest BCUT2D eigenvalue weighted by molar-refractivity contribution is 7.13. The molecular weight excluding hydrogens is 336 g/mol. The predicted octanol–water partition coefficient (Wildman–Crippen LogP) is 2.78. The summed E-state index contributed by atoms with van der Waals surface area (Å²) in [4.78, 5) is 7.95. The second-order valence-corrected chi connectivity index (χ2v) is 7.71. The molecule has 0 spiro atoms. The first-order chi connectivity index (χ1) is 12.1. The van der Waals surface area contributed by atoms with Crippen LogP contribution in [0.5, 0.6) is 0 Å². The lowest BCUT2D eigenvalue weighted by molar-refractivity contribution is 0.140. The van der Waals surface area contributed by atoms with Gasteiger partial charge < -0.3 is 9.52 Å². The molecule has 6 nitrogen and oxygen atoms in total. The standard InChI is InChI=1S/C18H22N4O2S/c1-11-6-14(21-20-11)7-13-8-22(10-16(13)23)9-15-12(2)24-18(19-15)17-4-3-5-25-17/h3-6,13,16,23H,7-10H2,1-2H3,(H,20,21)/t13-,16-/m1/s1. The molecule has 1 saturated heterocycles. The normalized spacial score (nSPS) is 21.2. The van der Waals surface area contributed by atoms with Gasteiger partial charge in [0.25, 0.3) is 0 Å². The molecule has 0 aliphatic carbocycles. The molecule has 0 saturated carbocycles. The van der Waals surface area contributed by atoms with E-state index in [2.05, 4.69) is 20.1 Å². The number of thiophene rings is 1. The van der Waals surface area contributed by atoms with Crippen molar-refractivity contribution in [2.75, 3.05) is 13.1 Å². The molecule has 132 valence electrons. The van der Waals surface area contributed by atoms with Gasteiger partial charge in [0.2, 0.25) is 5.89 Å². The van der Waals surface area contributed by atoms with E-state index >= 15 is 0 Å². The first-order valence-electron chi connectivity index (χ1n) is 8.50. The van der Waals surface area contributed by atoms with Crippen LogP contribution in [0, 0.1) is 19.8 Å². The summed E-state index contributed by atoms with van der Waals surface area (Å²) < 4.78 is 5.82. The molecule has 7 heteroatoms. The van der Waals surface area contributed by atoms with Crippen molar-refractivity contribution in [2.45, 2.75) is 32.9 Å². The van der Waals surface area contributed by atoms with Gasteiger partial charge in [-0.05, 0) is 37.8 Å². The van der Waals surface area contributed by atoms with E-state index < -0.39 is 0 Å². The molecule has 2 atom stereocenters. The second-order valence-electron chi connectivity index (χ2n) is 6.77. The van der Waals surface area contributed by atoms with Gasteiger partial charge in [-0.3, -0.25) is 10.00 Å². The molecule has 1 aliphatic heterocycles. The van der Waals surface area contributed by atoms with Gasteiger partial charge in [-0.15, -0.1) is 11.3 Å². The van der Waals surface area contributed by atoms with E-state index in [9.17, 15) is 5.11 Å². The fourth-order valence-electron chi connectivity index (χ4n) is 3.41. The number of aliphatic hydroxyl groups is 1. The molecule has 4 rings (SSSR count). The Hall–Kier alpha value is -1.96. The Kier molecular flexibility index (Phi) is 4.45. The number of β-amino-alcohol motifs (C(OH)–C–C–N with tert-alkyl or cyclic N) is 1. The van der Waals surface area contributed by atoms with Gasteiger partial charge in [0, 0.05) is 31.2 Å². The number of hydrogen-bond acceptors (Lipinski definition) is 6. The highest BCUT2D eigenvalue weighted by Gasteiger charge is 2.32. The first kappa shape index (κ1) is 16.5. The molecule has 0 amide bonds. The lowest BCUT2D eigenvalue weighted by atomic mass is 10.0. The largest absolute Gasteiger partial charge is 0.440 e. The summed E-state index contributed by atoms with van der Waals surface area (Å²) in [7, 11) is 0. The minimum absolute atomic E-state index is 0.201. The number of hydrogen-bond donors (Lipinski definition) is 2. The zero-order chi connectivity index (χ0) is 17.4. The number of nitrogens with one attached hydrogen (secondary N) is 1. The van der Waals surface area contributed by atoms with E-state index in [1.54, 1.807) is 11.3 Å². The van der Waals surface area contributed by atoms with Crippen LogP contribution in [0.15, 0.2) is 28.0 Å². The fourth-order valence-corrected chi connectivity index (χ4v) is 4.06. The smallest absolute Gasteiger partial charge is 0.236 e. The van der Waals surface area contributed by atoms with Gasteiger partial charge in [0.1, 0.15) is 5.76 Å². The first-order valence-corrected chi connectivity index (χ1v) is 9.38. The number of aromatic amines is 1. The van der Waals surface area contributed by atoms with Crippen molar-refractivity contribution in [3.05, 3.63) is 46.4 Å². The van der Waals surface area contributed by atoms with Gasteiger partial charge in [-0.2, -0.15) is 5.10 Å². The van der Waals surface area contributed by atoms with Crippen molar-refractivity contribution in [3.8, 4) is 10.8 Å². The molecular formula is C18H22N4O2S. The van der Waals surface area contributed by atoms with E-state index in [1.165, 1.54) is 0 Å². The Morgan fingerprint density at radius 2 is 2.28 bits per heavy atom. The summed E-state index contributed by atoms with van der Waals surface area (Å²) >= 11 is 1.63. The van der Waals surface area contributed by atoms with Gasteiger partial charge in [-0.1, -0.05) is 6.07 Å². The number of aryl methyl sites for hydroxylation is 2. The van der Waals surface area contributed by atoms with Crippen LogP contribution < -0.4 is 0 Å². The van der Waals surface area contributed by atoms with Gasteiger partial charge in [0.05, 0.1) is 22.4 Å². The van der Waals surface area contributed by atoms with Crippen molar-refractivity contribution in [3.63, 3.8) is 0 Å². The molecule has 2 N–H and O–H groups in total. The van der Waals surface area contributed by atoms with E-state index in [1.807, 2.05) is 37.4 Å². The molecule has 3 aromatic rings. The highest BCUT2D eigenvalue weighted by atomic mass is 32.1. The van der Waals surface area contributed by atoms with Crippen LogP contribution in [-0.2, 0) is 13.0 Å². The molecule has 0 aromatic carbocycles. The molecule has 0 unspecified atom stereocenters. The Labute approximate surface area is 150 Å². The molecule has 0 bridgehead atoms. The van der Waals surface area contributed by atoms with Crippen LogP contribution in [0.3, 0.4) is 0 Å². The zero-order valence-corrected chi connectivity index (χ0v) is 15.2. The fraction of sp³-hybridized carbons (Fsp3) is 0.444. The maximum Gasteiger partial charge on any atom is 0.236 e. The Bertz CT molecular complexity index is 839. The lowest BCUT2D eigenvalue weighted by Crippen LogP contribution is -2.22. The van der Waals surface area contributed by atoms with Crippen LogP contribution >= 0.6 is 11.3 Å². The SMILES string of the molecule is Cc1cc(C[C@@H]2CN(Cc3nc(-c4cccs4)oc3C)C[C@H]2O)n[nH]1. The molecule has 1 fully saturated rings. The number of aromatic nitrogens is 3. The van der Waals surface area contributed by atoms with Crippen LogP contribution in [0.25, 0.3) is 10.8 Å². The number of rotatable bonds is 5. The highest BCUT2D eigenvalue weighted by Crippen LogP contribution is 2.28. The molecule has 1 aliphatic rings. The molecule has 0 radical (unpaired) electrons. The Balaban J connectivity index is 1.42. The summed E-state index contributed by atoms with van der Waals surface area (Å²) in [6.07, 6.45) is 0.459. The summed E-state index contributed by atoms with van der Waals surface area (Å²) in [6, 6.07) is 6.06. The molecule has 25 heavy (non-hydrogen) atoms. The monoisotopic (exact) mass is 358 g/mol. The van der Waals surface area contributed by atoms with Crippen molar-refractivity contribution in [1.82, 2.24) is 20.1 Å². The average Bonchev–Trinajstić information content (AvgIpc) is 3.32. The number of H-pyrrole nitrogens is 1. The zero-order valence-electron chi connectivity index (χ0n) is 14.4. The lowest BCUT2D eigenvalue weighted by Gasteiger charge is -2.13. The van der Waals surface area contributed by atoms with Gasteiger partial charge in [-0.25, -0.2) is 4.98 Å². The summed E-state index contributed by atoms with van der Waals surface area (Å²) in [6.45, 7) is 6.15. The number of aliphatic hydroxyl groups excluding tert-OH is 1. The summed E-state index contributed by atoms with van der Waals surface area (Å²) in [5.74, 6) is 1.74. The Morgan fingerprint density at radius 3 is 3.00 bits per heavy atom. The van der Waals surface area contributed by atoms with Crippen LogP contribution in [-0.4, -0.2) is 44.4 Å². The minimum Gasteiger partial charge on any atom is -0.440 e. The quantitative estimate of drug-likeness (QED) is 0.733. The van der Waals surface area contributed by atoms with E-state index in [0.29, 0.717) is 19.0 Å². The van der Waals surface area contributed by atoms with Crippen molar-refractivity contribution < 1.29 is 9.52 Å². The summed E-state index contributed by atoms with van der Waals surface area (Å²) in [5, 5.41) is 19.7. The number of oxazole rings is 1. The molecule has 4 heterocycles. The third-order valence-electron chi connectivity index (χ3n) is 4.71. The van der Waals surface area contributed by atoms with Crippen molar-refractivity contribution in [2.24, 2.45) is 5.92 Å². The van der Waals surface area contributed by atoms with Crippen LogP contribution in [0.1, 0.15) is 22.8 Å². The minimum atomic E-state index is -0.332. The van der Waals surface area contributed by atoms with E-state index in [4.69, 9.17) is 4.42 Å². The van der Waals surface area contributed by atoms with Crippen LogP contribution in [0.4, 0.5) is 0 Å². The average molecular weight is 358 g/mol. The van der Waals surface area contributed by atoms with E-state index in [-0.39, 0.29) is 12.0 Å². The number of likely N-dealkylation sites (tertiary alicyclic amines) is 1. The van der Waals surface area contributed by atoms with Gasteiger partial charge >= 0.3 is 0 Å². The third-order valence-corrected chi connectivity index (χ3v) is 5.57. The third kappa shape index (κ3) is 3.53. The van der Waals surface area contributed by atoms with E-state index in [0.717, 1.165) is 40.7 Å².